The Balaban J connectivity index is 3.17. The Kier molecular flexibility index (Phi) is 17.1. The number of carbonyl (C=O) groups excluding carboxylic acids is 1. The zero-order valence-electron chi connectivity index (χ0n) is 15.5. The quantitative estimate of drug-likeness (QED) is 0.278. The van der Waals surface area contributed by atoms with Crippen LogP contribution in [0, 0.1) is 0 Å². The summed E-state index contributed by atoms with van der Waals surface area (Å²) in [4.78, 5) is 21.8. The summed E-state index contributed by atoms with van der Waals surface area (Å²) in [6, 6.07) is 0. The van der Waals surface area contributed by atoms with Gasteiger partial charge in [0.2, 0.25) is 0 Å². The second-order valence-corrected chi connectivity index (χ2v) is 6.45. The predicted octanol–water partition coefficient (Wildman–Crippen LogP) is 5.28. The van der Waals surface area contributed by atoms with Gasteiger partial charge in [-0.25, -0.2) is 4.79 Å². The van der Waals surface area contributed by atoms with Crippen molar-refractivity contribution in [2.24, 2.45) is 0 Å². The fourth-order valence-corrected chi connectivity index (χ4v) is 2.61. The lowest BCUT2D eigenvalue weighted by Gasteiger charge is -2.05. The van der Waals surface area contributed by atoms with Crippen LogP contribution in [0.2, 0.25) is 0 Å². The van der Waals surface area contributed by atoms with E-state index in [0.29, 0.717) is 19.6 Å². The lowest BCUT2D eigenvalue weighted by atomic mass is 10.1. The van der Waals surface area contributed by atoms with Crippen LogP contribution in [-0.4, -0.2) is 30.3 Å². The van der Waals surface area contributed by atoms with E-state index < -0.39 is 6.09 Å². The Bertz CT molecular complexity index is 308. The fourth-order valence-electron chi connectivity index (χ4n) is 2.61. The van der Waals surface area contributed by atoms with Crippen molar-refractivity contribution in [2.45, 2.75) is 96.8 Å². The van der Waals surface area contributed by atoms with Gasteiger partial charge in [-0.1, -0.05) is 64.7 Å². The van der Waals surface area contributed by atoms with Crippen molar-refractivity contribution < 1.29 is 19.4 Å². The molecule has 0 rings (SSSR count). The number of hydrogen-bond acceptors (Lipinski definition) is 3. The molecule has 2 N–H and O–H groups in total. The molecular formula is C19H37NO4. The minimum absolute atomic E-state index is 0.0989. The molecule has 1 amide bonds. The van der Waals surface area contributed by atoms with Gasteiger partial charge in [-0.05, 0) is 25.7 Å². The third-order valence-electron chi connectivity index (χ3n) is 4.09. The molecule has 0 aromatic rings. The first-order valence-electron chi connectivity index (χ1n) is 9.79. The summed E-state index contributed by atoms with van der Waals surface area (Å²) < 4.78 is 5.18. The van der Waals surface area contributed by atoms with Crippen molar-refractivity contribution in [3.05, 3.63) is 0 Å². The van der Waals surface area contributed by atoms with Gasteiger partial charge in [0.25, 0.3) is 0 Å². The smallest absolute Gasteiger partial charge is 0.404 e. The highest BCUT2D eigenvalue weighted by atomic mass is 16.5. The summed E-state index contributed by atoms with van der Waals surface area (Å²) in [6.45, 7) is 3.15. The predicted molar refractivity (Wildman–Crippen MR) is 97.3 cm³/mol. The molecule has 0 spiro atoms. The van der Waals surface area contributed by atoms with Gasteiger partial charge in [-0.15, -0.1) is 0 Å². The van der Waals surface area contributed by atoms with Gasteiger partial charge in [0.15, 0.2) is 0 Å². The van der Waals surface area contributed by atoms with Gasteiger partial charge >= 0.3 is 12.1 Å². The molecule has 142 valence electrons. The van der Waals surface area contributed by atoms with E-state index in [2.05, 4.69) is 12.2 Å². The van der Waals surface area contributed by atoms with E-state index in [-0.39, 0.29) is 5.97 Å². The molecule has 0 saturated carbocycles. The number of nitrogens with one attached hydrogen (secondary N) is 1. The van der Waals surface area contributed by atoms with Crippen molar-refractivity contribution in [1.29, 1.82) is 0 Å². The van der Waals surface area contributed by atoms with E-state index in [1.54, 1.807) is 0 Å². The monoisotopic (exact) mass is 343 g/mol. The number of carboxylic acid groups (broad SMARTS) is 1. The highest BCUT2D eigenvalue weighted by molar-refractivity contribution is 5.69. The maximum atomic E-state index is 11.5. The highest BCUT2D eigenvalue weighted by Gasteiger charge is 2.02. The molecule has 0 fully saturated rings. The minimum Gasteiger partial charge on any atom is -0.466 e. The Labute approximate surface area is 147 Å². The van der Waals surface area contributed by atoms with Crippen LogP contribution in [0.15, 0.2) is 0 Å². The number of unbranched alkanes of at least 4 members (excludes halogenated alkanes) is 11. The van der Waals surface area contributed by atoms with Gasteiger partial charge in [0.05, 0.1) is 6.61 Å². The van der Waals surface area contributed by atoms with E-state index in [1.807, 2.05) is 0 Å². The number of esters is 1. The summed E-state index contributed by atoms with van der Waals surface area (Å²) in [7, 11) is 0. The normalized spacial score (nSPS) is 10.5. The van der Waals surface area contributed by atoms with Crippen molar-refractivity contribution in [2.75, 3.05) is 13.2 Å². The molecule has 0 aromatic carbocycles. The number of carbonyl (C=O) groups is 2. The van der Waals surface area contributed by atoms with Crippen LogP contribution in [-0.2, 0) is 9.53 Å². The minimum atomic E-state index is -0.988. The summed E-state index contributed by atoms with van der Waals surface area (Å²) in [5, 5.41) is 10.7. The van der Waals surface area contributed by atoms with Crippen LogP contribution < -0.4 is 5.32 Å². The summed E-state index contributed by atoms with van der Waals surface area (Å²) >= 11 is 0. The number of hydrogen-bond donors (Lipinski definition) is 2. The molecule has 0 aromatic heterocycles. The van der Waals surface area contributed by atoms with Crippen LogP contribution >= 0.6 is 0 Å². The molecule has 24 heavy (non-hydrogen) atoms. The van der Waals surface area contributed by atoms with Crippen LogP contribution in [0.1, 0.15) is 96.8 Å². The lowest BCUT2D eigenvalue weighted by molar-refractivity contribution is -0.143. The van der Waals surface area contributed by atoms with E-state index in [0.717, 1.165) is 32.1 Å². The van der Waals surface area contributed by atoms with Crippen molar-refractivity contribution in [3.63, 3.8) is 0 Å². The first-order chi connectivity index (χ1) is 11.7. The van der Waals surface area contributed by atoms with Gasteiger partial charge in [-0.3, -0.25) is 4.79 Å². The molecule has 0 atom stereocenters. The van der Waals surface area contributed by atoms with E-state index in [1.165, 1.54) is 51.4 Å². The Morgan fingerprint density at radius 2 is 1.33 bits per heavy atom. The maximum absolute atomic E-state index is 11.5. The molecule has 0 heterocycles. The molecule has 0 aliphatic carbocycles. The Morgan fingerprint density at radius 1 is 0.792 bits per heavy atom. The van der Waals surface area contributed by atoms with E-state index >= 15 is 0 Å². The zero-order chi connectivity index (χ0) is 17.9. The van der Waals surface area contributed by atoms with Crippen LogP contribution in [0.3, 0.4) is 0 Å². The standard InChI is InChI=1S/C19H37NO4/c1-2-3-4-5-6-7-8-9-10-12-15-18(21)24-17-14-11-13-16-20-19(22)23/h20H,2-17H2,1H3,(H,22,23). The number of rotatable bonds is 17. The number of amides is 1. The van der Waals surface area contributed by atoms with Crippen molar-refractivity contribution in [1.82, 2.24) is 5.32 Å². The van der Waals surface area contributed by atoms with Gasteiger partial charge in [0.1, 0.15) is 0 Å². The summed E-state index contributed by atoms with van der Waals surface area (Å²) in [6.07, 6.45) is 14.6. The zero-order valence-corrected chi connectivity index (χ0v) is 15.5. The molecule has 0 radical (unpaired) electrons. The molecule has 0 aliphatic heterocycles. The SMILES string of the molecule is CCCCCCCCCCCCC(=O)OCCCCCNC(=O)O. The Morgan fingerprint density at radius 3 is 1.92 bits per heavy atom. The van der Waals surface area contributed by atoms with Gasteiger partial charge < -0.3 is 15.2 Å². The van der Waals surface area contributed by atoms with E-state index in [4.69, 9.17) is 9.84 Å². The molecular weight excluding hydrogens is 306 g/mol. The third kappa shape index (κ3) is 18.8. The average Bonchev–Trinajstić information content (AvgIpc) is 2.55. The average molecular weight is 344 g/mol. The first-order valence-corrected chi connectivity index (χ1v) is 9.79. The molecule has 0 saturated heterocycles. The van der Waals surface area contributed by atoms with Crippen molar-refractivity contribution >= 4 is 12.1 Å². The molecule has 5 heteroatoms. The molecule has 0 aliphatic rings. The van der Waals surface area contributed by atoms with Crippen LogP contribution in [0.25, 0.3) is 0 Å². The van der Waals surface area contributed by atoms with Gasteiger partial charge in [-0.2, -0.15) is 0 Å². The molecule has 0 unspecified atom stereocenters. The van der Waals surface area contributed by atoms with E-state index in [9.17, 15) is 9.59 Å². The highest BCUT2D eigenvalue weighted by Crippen LogP contribution is 2.11. The second-order valence-electron chi connectivity index (χ2n) is 6.45. The van der Waals surface area contributed by atoms with Gasteiger partial charge in [0, 0.05) is 13.0 Å². The summed E-state index contributed by atoms with van der Waals surface area (Å²) in [5.74, 6) is -0.0989. The van der Waals surface area contributed by atoms with Crippen molar-refractivity contribution in [3.8, 4) is 0 Å². The van der Waals surface area contributed by atoms with Crippen LogP contribution in [0.4, 0.5) is 4.79 Å². The second kappa shape index (κ2) is 18.1. The third-order valence-corrected chi connectivity index (χ3v) is 4.09. The lowest BCUT2D eigenvalue weighted by Crippen LogP contribution is -2.21. The fraction of sp³-hybridized carbons (Fsp3) is 0.895. The topological polar surface area (TPSA) is 75.6 Å². The summed E-state index contributed by atoms with van der Waals surface area (Å²) in [5.41, 5.74) is 0. The van der Waals surface area contributed by atoms with Crippen LogP contribution in [0.5, 0.6) is 0 Å². The first kappa shape index (κ1) is 22.7. The Hall–Kier alpha value is -1.26. The largest absolute Gasteiger partial charge is 0.466 e. The maximum Gasteiger partial charge on any atom is 0.404 e. The number of ether oxygens (including phenoxy) is 1. The molecule has 0 bridgehead atoms. The molecule has 5 nitrogen and oxygen atoms in total.